The molecule has 6 heteroatoms. The molecule has 0 heterocycles. The highest BCUT2D eigenvalue weighted by Crippen LogP contribution is 2.28. The Morgan fingerprint density at radius 2 is 1.65 bits per heavy atom. The van der Waals surface area contributed by atoms with Gasteiger partial charge in [0.15, 0.2) is 0 Å². The van der Waals surface area contributed by atoms with Gasteiger partial charge in [-0.05, 0) is 69.4 Å². The van der Waals surface area contributed by atoms with E-state index in [1.165, 1.54) is 6.42 Å². The van der Waals surface area contributed by atoms with Crippen LogP contribution < -0.4 is 11.5 Å². The van der Waals surface area contributed by atoms with Crippen molar-refractivity contribution in [1.29, 1.82) is 0 Å². The number of carbonyl (C=O) groups excluding carboxylic acids is 1. The number of hydrogen-bond donors (Lipinski definition) is 4. The molecular weight excluding hydrogens is 464 g/mol. The lowest BCUT2D eigenvalue weighted by Gasteiger charge is -2.20. The molecule has 0 aliphatic heterocycles. The molecule has 37 heavy (non-hydrogen) atoms. The normalized spacial score (nSPS) is 17.5. The third-order valence-electron chi connectivity index (χ3n) is 5.63. The molecule has 0 bridgehead atoms. The summed E-state index contributed by atoms with van der Waals surface area (Å²) in [6.07, 6.45) is 9.76. The van der Waals surface area contributed by atoms with E-state index in [4.69, 9.17) is 21.3 Å². The smallest absolute Gasteiger partial charge is 0.120 e. The summed E-state index contributed by atoms with van der Waals surface area (Å²) in [6, 6.07) is 7.60. The third kappa shape index (κ3) is 23.0. The number of aldehydes is 1. The number of phenolic OH excluding ortho intramolecular Hbond substituents is 1. The van der Waals surface area contributed by atoms with Crippen molar-refractivity contribution in [3.05, 3.63) is 29.8 Å². The van der Waals surface area contributed by atoms with Crippen LogP contribution in [0.25, 0.3) is 0 Å². The summed E-state index contributed by atoms with van der Waals surface area (Å²) in [6.45, 7) is 13.9. The van der Waals surface area contributed by atoms with Gasteiger partial charge in [0.1, 0.15) is 12.0 Å². The van der Waals surface area contributed by atoms with Gasteiger partial charge in [0.05, 0.1) is 6.10 Å². The number of hydrogen-bond acceptors (Lipinski definition) is 6. The number of ether oxygens (including phenoxy) is 1. The first-order valence-corrected chi connectivity index (χ1v) is 14.1. The van der Waals surface area contributed by atoms with Gasteiger partial charge in [-0.25, -0.2) is 0 Å². The summed E-state index contributed by atoms with van der Waals surface area (Å²) in [5, 5.41) is 16.3. The zero-order chi connectivity index (χ0) is 29.5. The molecule has 1 aliphatic rings. The maximum absolute atomic E-state index is 10.0. The number of methoxy groups -OCH3 is 1. The van der Waals surface area contributed by atoms with Gasteiger partial charge >= 0.3 is 0 Å². The number of nitrogens with two attached hydrogens (primary N) is 2. The van der Waals surface area contributed by atoms with E-state index >= 15 is 0 Å². The van der Waals surface area contributed by atoms with E-state index in [-0.39, 0.29) is 12.1 Å². The highest BCUT2D eigenvalue weighted by atomic mass is 16.5. The fourth-order valence-electron chi connectivity index (χ4n) is 3.71. The molecule has 1 aromatic rings. The molecule has 1 aromatic carbocycles. The Labute approximate surface area is 229 Å². The van der Waals surface area contributed by atoms with Crippen molar-refractivity contribution in [3.8, 4) is 17.6 Å². The molecule has 6 N–H and O–H groups in total. The molecule has 0 saturated heterocycles. The maximum Gasteiger partial charge on any atom is 0.120 e. The Morgan fingerprint density at radius 1 is 1.05 bits per heavy atom. The molecule has 218 valence electrons. The van der Waals surface area contributed by atoms with Crippen LogP contribution in [-0.4, -0.2) is 48.9 Å². The predicted octanol–water partition coefficient (Wildman–Crippen LogP) is 6.25. The third-order valence-corrected chi connectivity index (χ3v) is 5.63. The van der Waals surface area contributed by atoms with Gasteiger partial charge in [0, 0.05) is 39.1 Å². The first kappa shape index (κ1) is 42.2. The molecule has 6 nitrogen and oxygen atoms in total. The molecule has 3 unspecified atom stereocenters. The SMILES string of the molecule is CC.CC.CC.CC#CCC[C@@H](CCC1CCC(N)C1N)OC.CO.O=CCCCc1ccccc1O. The van der Waals surface area contributed by atoms with Crippen LogP contribution in [0.15, 0.2) is 24.3 Å². The van der Waals surface area contributed by atoms with Crippen molar-refractivity contribution >= 4 is 6.29 Å². The van der Waals surface area contributed by atoms with Gasteiger partial charge in [0.25, 0.3) is 0 Å². The van der Waals surface area contributed by atoms with Crippen LogP contribution in [-0.2, 0) is 16.0 Å². The number of carbonyl (C=O) groups is 1. The number of aliphatic hydroxyl groups excluding tert-OH is 1. The van der Waals surface area contributed by atoms with E-state index in [0.29, 0.717) is 24.2 Å². The maximum atomic E-state index is 10.0. The van der Waals surface area contributed by atoms with E-state index in [2.05, 4.69) is 11.8 Å². The highest BCUT2D eigenvalue weighted by molar-refractivity contribution is 5.49. The summed E-state index contributed by atoms with van der Waals surface area (Å²) < 4.78 is 5.48. The number of benzene rings is 1. The lowest BCUT2D eigenvalue weighted by Crippen LogP contribution is -2.40. The lowest BCUT2D eigenvalue weighted by atomic mass is 9.94. The summed E-state index contributed by atoms with van der Waals surface area (Å²) in [7, 11) is 2.78. The molecule has 0 spiro atoms. The molecule has 1 saturated carbocycles. The van der Waals surface area contributed by atoms with Crippen LogP contribution in [0.4, 0.5) is 0 Å². The molecule has 0 amide bonds. The second-order valence-corrected chi connectivity index (χ2v) is 7.67. The van der Waals surface area contributed by atoms with Crippen molar-refractivity contribution in [2.24, 2.45) is 17.4 Å². The van der Waals surface area contributed by atoms with Crippen LogP contribution >= 0.6 is 0 Å². The summed E-state index contributed by atoms with van der Waals surface area (Å²) in [4.78, 5) is 10.0. The standard InChI is InChI=1S/C14H26N2O.C10H12O2.3C2H6.CH4O/c1-3-4-5-6-12(17-2)9-7-11-8-10-13(15)14(11)16;11-8-4-3-6-9-5-1-2-7-10(9)12;4*1-2/h11-14H,5-10,15-16H2,1-2H3;1-2,5,7-8,12H,3-4,6H2;3*1-2H3;2H,1H3/t11?,12-,13?,14?;;;;;/m0...../s1. The first-order chi connectivity index (χ1) is 18.0. The Hall–Kier alpha value is -1.91. The van der Waals surface area contributed by atoms with Gasteiger partial charge < -0.3 is 31.2 Å². The molecule has 2 rings (SSSR count). The number of phenols is 1. The zero-order valence-corrected chi connectivity index (χ0v) is 25.4. The number of para-hydroxylation sites is 1. The zero-order valence-electron chi connectivity index (χ0n) is 25.4. The van der Waals surface area contributed by atoms with Crippen molar-refractivity contribution in [2.75, 3.05) is 14.2 Å². The fraction of sp³-hybridized carbons (Fsp3) is 0.710. The average molecular weight is 525 g/mol. The molecule has 1 fully saturated rings. The van der Waals surface area contributed by atoms with E-state index in [0.717, 1.165) is 63.9 Å². The fourth-order valence-corrected chi connectivity index (χ4v) is 3.71. The van der Waals surface area contributed by atoms with E-state index < -0.39 is 0 Å². The van der Waals surface area contributed by atoms with Crippen molar-refractivity contribution in [2.45, 2.75) is 124 Å². The Bertz CT molecular complexity index is 644. The number of aryl methyl sites for hydroxylation is 1. The molecule has 1 aliphatic carbocycles. The minimum atomic E-state index is 0.183. The molecular formula is C31H60N2O4. The minimum absolute atomic E-state index is 0.183. The second-order valence-electron chi connectivity index (χ2n) is 7.67. The van der Waals surface area contributed by atoms with Crippen molar-refractivity contribution < 1.29 is 19.7 Å². The first-order valence-electron chi connectivity index (χ1n) is 14.1. The van der Waals surface area contributed by atoms with Crippen LogP contribution in [0.2, 0.25) is 0 Å². The number of rotatable bonds is 10. The Morgan fingerprint density at radius 3 is 2.11 bits per heavy atom. The monoisotopic (exact) mass is 524 g/mol. The quantitative estimate of drug-likeness (QED) is 0.163. The van der Waals surface area contributed by atoms with E-state index in [9.17, 15) is 9.90 Å². The molecule has 0 aromatic heterocycles. The van der Waals surface area contributed by atoms with Crippen LogP contribution in [0.3, 0.4) is 0 Å². The summed E-state index contributed by atoms with van der Waals surface area (Å²) >= 11 is 0. The minimum Gasteiger partial charge on any atom is -0.508 e. The highest BCUT2D eigenvalue weighted by Gasteiger charge is 2.30. The predicted molar refractivity (Wildman–Crippen MR) is 161 cm³/mol. The lowest BCUT2D eigenvalue weighted by molar-refractivity contribution is -0.107. The van der Waals surface area contributed by atoms with Gasteiger partial charge in [0.2, 0.25) is 0 Å². The average Bonchev–Trinajstić information content (AvgIpc) is 3.29. The molecule has 0 radical (unpaired) electrons. The van der Waals surface area contributed by atoms with Gasteiger partial charge in [-0.15, -0.1) is 11.8 Å². The second kappa shape index (κ2) is 34.1. The van der Waals surface area contributed by atoms with Crippen LogP contribution in [0, 0.1) is 17.8 Å². The number of aliphatic hydroxyl groups is 1. The van der Waals surface area contributed by atoms with Gasteiger partial charge in [-0.3, -0.25) is 0 Å². The van der Waals surface area contributed by atoms with Crippen LogP contribution in [0.5, 0.6) is 5.75 Å². The summed E-state index contributed by atoms with van der Waals surface area (Å²) in [5.41, 5.74) is 12.9. The van der Waals surface area contributed by atoms with E-state index in [1.807, 2.05) is 60.6 Å². The number of unbranched alkanes of at least 4 members (excludes halogenated alkanes) is 1. The van der Waals surface area contributed by atoms with Crippen molar-refractivity contribution in [1.82, 2.24) is 0 Å². The molecule has 4 atom stereocenters. The summed E-state index contributed by atoms with van der Waals surface area (Å²) in [5.74, 6) is 6.90. The Balaban J connectivity index is -0.000000238. The van der Waals surface area contributed by atoms with Crippen LogP contribution in [0.1, 0.15) is 105 Å². The van der Waals surface area contributed by atoms with Gasteiger partial charge in [-0.1, -0.05) is 59.7 Å². The Kier molecular flexibility index (Phi) is 38.9. The topological polar surface area (TPSA) is 119 Å². The number of aromatic hydroxyl groups is 1. The largest absolute Gasteiger partial charge is 0.508 e. The van der Waals surface area contributed by atoms with Crippen molar-refractivity contribution in [3.63, 3.8) is 0 Å². The van der Waals surface area contributed by atoms with E-state index in [1.54, 1.807) is 19.2 Å². The van der Waals surface area contributed by atoms with Gasteiger partial charge in [-0.2, -0.15) is 0 Å².